The summed E-state index contributed by atoms with van der Waals surface area (Å²) in [7, 11) is 1.57. The van der Waals surface area contributed by atoms with Crippen molar-refractivity contribution in [3.05, 3.63) is 75.7 Å². The van der Waals surface area contributed by atoms with Gasteiger partial charge in [-0.3, -0.25) is 0 Å². The summed E-state index contributed by atoms with van der Waals surface area (Å²) < 4.78 is 2.49. The van der Waals surface area contributed by atoms with Crippen molar-refractivity contribution in [2.75, 3.05) is 0 Å². The fourth-order valence-corrected chi connectivity index (χ4v) is 3.53. The summed E-state index contributed by atoms with van der Waals surface area (Å²) in [6.07, 6.45) is 1.10. The van der Waals surface area contributed by atoms with E-state index in [0.29, 0.717) is 17.5 Å². The molecule has 1 saturated carbocycles. The lowest BCUT2D eigenvalue weighted by Crippen LogP contribution is -2.23. The third kappa shape index (κ3) is 3.47. The third-order valence-electron chi connectivity index (χ3n) is 5.31. The fraction of sp³-hybridized carbons (Fsp3) is 0.333. The van der Waals surface area contributed by atoms with E-state index in [9.17, 15) is 4.79 Å². The summed E-state index contributed by atoms with van der Waals surface area (Å²) >= 11 is 0. The van der Waals surface area contributed by atoms with Gasteiger partial charge in [0.1, 0.15) is 6.61 Å². The van der Waals surface area contributed by atoms with E-state index in [2.05, 4.69) is 39.8 Å². The Morgan fingerprint density at radius 2 is 1.96 bits per heavy atom. The van der Waals surface area contributed by atoms with Gasteiger partial charge in [-0.15, -0.1) is 0 Å². The van der Waals surface area contributed by atoms with Crippen LogP contribution in [0.15, 0.2) is 58.5 Å². The van der Waals surface area contributed by atoms with Gasteiger partial charge in [-0.25, -0.2) is 4.79 Å². The van der Waals surface area contributed by atoms with E-state index in [0.717, 1.165) is 23.3 Å². The summed E-state index contributed by atoms with van der Waals surface area (Å²) in [5, 5.41) is 12.1. The van der Waals surface area contributed by atoms with E-state index in [4.69, 9.17) is 4.84 Å². The van der Waals surface area contributed by atoms with Crippen LogP contribution in [0.3, 0.4) is 0 Å². The molecule has 0 amide bonds. The summed E-state index contributed by atoms with van der Waals surface area (Å²) in [4.78, 5) is 17.9. The van der Waals surface area contributed by atoms with Crippen molar-refractivity contribution in [3.8, 4) is 5.69 Å². The molecule has 0 bridgehead atoms. The Hall–Kier alpha value is -3.22. The van der Waals surface area contributed by atoms with Crippen LogP contribution in [0.1, 0.15) is 36.0 Å². The molecule has 7 nitrogen and oxygen atoms in total. The summed E-state index contributed by atoms with van der Waals surface area (Å²) in [5.74, 6) is 0.960. The van der Waals surface area contributed by atoms with Gasteiger partial charge >= 0.3 is 5.69 Å². The first-order valence-electron chi connectivity index (χ1n) is 9.35. The Bertz CT molecular complexity index is 1070. The molecule has 1 aliphatic rings. The number of rotatable bonds is 6. The van der Waals surface area contributed by atoms with Crippen molar-refractivity contribution in [1.82, 2.24) is 19.8 Å². The maximum absolute atomic E-state index is 12.2. The van der Waals surface area contributed by atoms with Crippen LogP contribution in [0, 0.1) is 12.8 Å². The largest absolute Gasteiger partial charge is 0.391 e. The van der Waals surface area contributed by atoms with Gasteiger partial charge in [0.05, 0.1) is 11.4 Å². The van der Waals surface area contributed by atoms with Crippen molar-refractivity contribution in [2.24, 2.45) is 18.1 Å². The number of aromatic nitrogens is 4. The first-order valence-corrected chi connectivity index (χ1v) is 9.35. The van der Waals surface area contributed by atoms with Crippen molar-refractivity contribution in [1.29, 1.82) is 0 Å². The topological polar surface area (TPSA) is 74.3 Å². The second-order valence-electron chi connectivity index (χ2n) is 7.23. The Labute approximate surface area is 163 Å². The van der Waals surface area contributed by atoms with Gasteiger partial charge in [0.2, 0.25) is 0 Å². The number of benzene rings is 2. The standard InChI is InChI=1S/C21H23N5O2/c1-14-8-7-11-20(26-21(27)25(3)23-24-26)19(14)13-28-22-15(2)17-12-18(17)16-9-5-4-6-10-16/h4-11,17-18H,12-13H2,1-3H3. The number of hydrogen-bond acceptors (Lipinski definition) is 5. The van der Waals surface area contributed by atoms with E-state index in [-0.39, 0.29) is 12.3 Å². The summed E-state index contributed by atoms with van der Waals surface area (Å²) in [6, 6.07) is 16.2. The van der Waals surface area contributed by atoms with Crippen molar-refractivity contribution in [3.63, 3.8) is 0 Å². The molecule has 2 aromatic carbocycles. The van der Waals surface area contributed by atoms with Crippen LogP contribution in [0.25, 0.3) is 5.69 Å². The van der Waals surface area contributed by atoms with Gasteiger partial charge in [0.25, 0.3) is 0 Å². The number of tetrazole rings is 1. The average molecular weight is 377 g/mol. The Morgan fingerprint density at radius 1 is 1.18 bits per heavy atom. The lowest BCUT2D eigenvalue weighted by atomic mass is 10.1. The molecule has 0 radical (unpaired) electrons. The normalized spacial score (nSPS) is 18.9. The van der Waals surface area contributed by atoms with Crippen molar-refractivity contribution in [2.45, 2.75) is 32.8 Å². The molecule has 4 rings (SSSR count). The first-order chi connectivity index (χ1) is 13.6. The van der Waals surface area contributed by atoms with Crippen molar-refractivity contribution < 1.29 is 4.84 Å². The Balaban J connectivity index is 1.48. The summed E-state index contributed by atoms with van der Waals surface area (Å²) in [5.41, 5.74) is 4.61. The van der Waals surface area contributed by atoms with Gasteiger partial charge in [0, 0.05) is 18.5 Å². The van der Waals surface area contributed by atoms with Crippen molar-refractivity contribution >= 4 is 5.71 Å². The highest BCUT2D eigenvalue weighted by atomic mass is 16.6. The molecular formula is C21H23N5O2. The predicted octanol–water partition coefficient (Wildman–Crippen LogP) is 2.97. The molecule has 144 valence electrons. The molecule has 1 aromatic heterocycles. The highest BCUT2D eigenvalue weighted by molar-refractivity contribution is 5.87. The van der Waals surface area contributed by atoms with Gasteiger partial charge in [-0.05, 0) is 53.8 Å². The SMILES string of the molecule is CC(=NOCc1c(C)cccc1-n1nnn(C)c1=O)C1CC1c1ccccc1. The number of nitrogens with zero attached hydrogens (tertiary/aromatic N) is 5. The quantitative estimate of drug-likeness (QED) is 0.489. The average Bonchev–Trinajstić information content (AvgIpc) is 3.44. The minimum Gasteiger partial charge on any atom is -0.391 e. The molecular weight excluding hydrogens is 354 g/mol. The van der Waals surface area contributed by atoms with Crippen LogP contribution in [-0.4, -0.2) is 25.5 Å². The number of aryl methyl sites for hydroxylation is 2. The second kappa shape index (κ2) is 7.42. The third-order valence-corrected chi connectivity index (χ3v) is 5.31. The lowest BCUT2D eigenvalue weighted by Gasteiger charge is -2.10. The molecule has 1 aliphatic carbocycles. The molecule has 1 heterocycles. The van der Waals surface area contributed by atoms with Crippen LogP contribution < -0.4 is 5.69 Å². The number of oxime groups is 1. The molecule has 3 aromatic rings. The summed E-state index contributed by atoms with van der Waals surface area (Å²) in [6.45, 7) is 4.26. The minimum absolute atomic E-state index is 0.269. The molecule has 0 N–H and O–H groups in total. The van der Waals surface area contributed by atoms with E-state index < -0.39 is 0 Å². The molecule has 0 aliphatic heterocycles. The zero-order valence-corrected chi connectivity index (χ0v) is 16.2. The maximum atomic E-state index is 12.2. The van der Waals surface area contributed by atoms with Gasteiger partial charge in [0.15, 0.2) is 0 Å². The Kier molecular flexibility index (Phi) is 4.81. The van der Waals surface area contributed by atoms with Crippen LogP contribution in [0.4, 0.5) is 0 Å². The van der Waals surface area contributed by atoms with E-state index in [1.807, 2.05) is 38.1 Å². The number of hydrogen-bond donors (Lipinski definition) is 0. The molecule has 0 spiro atoms. The molecule has 1 fully saturated rings. The smallest absolute Gasteiger partial charge is 0.368 e. The molecule has 2 atom stereocenters. The molecule has 0 saturated heterocycles. The Morgan fingerprint density at radius 3 is 2.68 bits per heavy atom. The van der Waals surface area contributed by atoms with E-state index in [1.54, 1.807) is 7.05 Å². The molecule has 2 unspecified atom stereocenters. The predicted molar refractivity (Wildman–Crippen MR) is 107 cm³/mol. The lowest BCUT2D eigenvalue weighted by molar-refractivity contribution is 0.129. The monoisotopic (exact) mass is 377 g/mol. The second-order valence-corrected chi connectivity index (χ2v) is 7.23. The van der Waals surface area contributed by atoms with Crippen LogP contribution in [-0.2, 0) is 18.5 Å². The van der Waals surface area contributed by atoms with Crippen LogP contribution in [0.2, 0.25) is 0 Å². The first kappa shape index (κ1) is 18.2. The maximum Gasteiger partial charge on any atom is 0.368 e. The van der Waals surface area contributed by atoms with E-state index >= 15 is 0 Å². The molecule has 28 heavy (non-hydrogen) atoms. The fourth-order valence-electron chi connectivity index (χ4n) is 3.53. The molecule has 7 heteroatoms. The highest BCUT2D eigenvalue weighted by Gasteiger charge is 2.40. The zero-order chi connectivity index (χ0) is 19.7. The van der Waals surface area contributed by atoms with Crippen LogP contribution >= 0.6 is 0 Å². The van der Waals surface area contributed by atoms with Gasteiger partial charge < -0.3 is 4.84 Å². The van der Waals surface area contributed by atoms with Crippen LogP contribution in [0.5, 0.6) is 0 Å². The van der Waals surface area contributed by atoms with Gasteiger partial charge in [-0.1, -0.05) is 47.6 Å². The highest BCUT2D eigenvalue weighted by Crippen LogP contribution is 2.48. The minimum atomic E-state index is -0.296. The zero-order valence-electron chi connectivity index (χ0n) is 16.2. The van der Waals surface area contributed by atoms with E-state index in [1.165, 1.54) is 14.9 Å². The van der Waals surface area contributed by atoms with Gasteiger partial charge in [-0.2, -0.15) is 9.36 Å².